The number of rotatable bonds is 3. The molecule has 0 unspecified atom stereocenters. The van der Waals surface area contributed by atoms with Gasteiger partial charge in [-0.05, 0) is 56.3 Å². The molecule has 134 valence electrons. The number of carbonyl (C=O) groups is 1. The van der Waals surface area contributed by atoms with Gasteiger partial charge in [-0.15, -0.1) is 0 Å². The quantitative estimate of drug-likeness (QED) is 0.907. The number of aromatic nitrogens is 1. The first kappa shape index (κ1) is 16.9. The molecule has 25 heavy (non-hydrogen) atoms. The maximum atomic E-state index is 12.8. The van der Waals surface area contributed by atoms with Gasteiger partial charge in [0.2, 0.25) is 5.91 Å². The van der Waals surface area contributed by atoms with Gasteiger partial charge in [0.25, 0.3) is 0 Å². The van der Waals surface area contributed by atoms with Crippen molar-refractivity contribution in [3.8, 4) is 0 Å². The van der Waals surface area contributed by atoms with Crippen LogP contribution in [0.2, 0.25) is 5.02 Å². The summed E-state index contributed by atoms with van der Waals surface area (Å²) in [7, 11) is 0. The lowest BCUT2D eigenvalue weighted by Crippen LogP contribution is -2.43. The molecule has 2 heterocycles. The highest BCUT2D eigenvalue weighted by molar-refractivity contribution is 6.31. The molecule has 5 nitrogen and oxygen atoms in total. The fraction of sp³-hybridized carbons (Fsp3) is 0.579. The normalized spacial score (nSPS) is 25.0. The predicted molar refractivity (Wildman–Crippen MR) is 97.5 cm³/mol. The summed E-state index contributed by atoms with van der Waals surface area (Å²) < 4.78 is 5.90. The topological polar surface area (TPSA) is 72.4 Å². The molecule has 1 aromatic heterocycles. The van der Waals surface area contributed by atoms with E-state index in [0.29, 0.717) is 23.4 Å². The third-order valence-corrected chi connectivity index (χ3v) is 6.04. The van der Waals surface area contributed by atoms with Crippen molar-refractivity contribution >= 4 is 28.6 Å². The number of nitrogens with two attached hydrogens (primary N) is 1. The summed E-state index contributed by atoms with van der Waals surface area (Å²) in [4.78, 5) is 19.4. The Labute approximate surface area is 152 Å². The van der Waals surface area contributed by atoms with Crippen LogP contribution in [0, 0.1) is 11.8 Å². The number of likely N-dealkylation sites (tertiary alicyclic amines) is 1. The first-order valence-electron chi connectivity index (χ1n) is 9.20. The van der Waals surface area contributed by atoms with Crippen LogP contribution < -0.4 is 5.73 Å². The highest BCUT2D eigenvalue weighted by atomic mass is 35.5. The Bertz CT molecular complexity index is 767. The molecular formula is C19H24ClN3O2. The Morgan fingerprint density at radius 3 is 2.84 bits per heavy atom. The second kappa shape index (κ2) is 6.96. The molecule has 4 rings (SSSR count). The van der Waals surface area contributed by atoms with Crippen molar-refractivity contribution < 1.29 is 9.21 Å². The summed E-state index contributed by atoms with van der Waals surface area (Å²) in [6.07, 6.45) is 5.00. The standard InChI is InChI=1S/C19H24ClN3O2/c20-14-4-5-17-16(10-14)22-18(25-17)12-6-8-23(9-7-12)19(24)15-3-1-2-13(15)11-21/h4-5,10,12-13,15H,1-3,6-9,11,21H2/t13-,15-/m1/s1. The Morgan fingerprint density at radius 2 is 2.08 bits per heavy atom. The van der Waals surface area contributed by atoms with Crippen molar-refractivity contribution in [3.63, 3.8) is 0 Å². The molecule has 2 aromatic rings. The molecule has 1 aromatic carbocycles. The van der Waals surface area contributed by atoms with Crippen LogP contribution >= 0.6 is 11.6 Å². The van der Waals surface area contributed by atoms with E-state index in [0.717, 1.165) is 62.2 Å². The molecule has 0 spiro atoms. The lowest BCUT2D eigenvalue weighted by molar-refractivity contribution is -0.137. The molecule has 1 aliphatic carbocycles. The molecule has 6 heteroatoms. The van der Waals surface area contributed by atoms with Gasteiger partial charge in [-0.3, -0.25) is 4.79 Å². The van der Waals surface area contributed by atoms with Crippen molar-refractivity contribution in [3.05, 3.63) is 29.1 Å². The zero-order valence-corrected chi connectivity index (χ0v) is 15.0. The van der Waals surface area contributed by atoms with Crippen LogP contribution in [0.5, 0.6) is 0 Å². The lowest BCUT2D eigenvalue weighted by atomic mass is 9.91. The van der Waals surface area contributed by atoms with Crippen LogP contribution in [0.25, 0.3) is 11.1 Å². The molecule has 1 aliphatic heterocycles. The molecule has 2 aliphatic rings. The van der Waals surface area contributed by atoms with Gasteiger partial charge < -0.3 is 15.1 Å². The molecule has 0 radical (unpaired) electrons. The maximum absolute atomic E-state index is 12.8. The van der Waals surface area contributed by atoms with Gasteiger partial charge in [0.05, 0.1) is 0 Å². The monoisotopic (exact) mass is 361 g/mol. The van der Waals surface area contributed by atoms with Crippen molar-refractivity contribution in [2.75, 3.05) is 19.6 Å². The molecule has 1 saturated heterocycles. The zero-order chi connectivity index (χ0) is 17.4. The number of piperidine rings is 1. The van der Waals surface area contributed by atoms with Gasteiger partial charge in [0.15, 0.2) is 11.5 Å². The van der Waals surface area contributed by atoms with E-state index in [4.69, 9.17) is 21.8 Å². The van der Waals surface area contributed by atoms with Gasteiger partial charge in [0, 0.05) is 29.9 Å². The predicted octanol–water partition coefficient (Wildman–Crippen LogP) is 3.56. The van der Waals surface area contributed by atoms with Crippen molar-refractivity contribution in [1.29, 1.82) is 0 Å². The largest absolute Gasteiger partial charge is 0.440 e. The van der Waals surface area contributed by atoms with Crippen molar-refractivity contribution in [2.45, 2.75) is 38.0 Å². The van der Waals surface area contributed by atoms with Gasteiger partial charge >= 0.3 is 0 Å². The molecule has 1 saturated carbocycles. The minimum atomic E-state index is 0.132. The fourth-order valence-corrected chi connectivity index (χ4v) is 4.48. The highest BCUT2D eigenvalue weighted by Gasteiger charge is 2.36. The van der Waals surface area contributed by atoms with Crippen LogP contribution in [-0.2, 0) is 4.79 Å². The fourth-order valence-electron chi connectivity index (χ4n) is 4.32. The molecule has 0 bridgehead atoms. The van der Waals surface area contributed by atoms with Crippen LogP contribution in [0.1, 0.15) is 43.9 Å². The smallest absolute Gasteiger partial charge is 0.226 e. The van der Waals surface area contributed by atoms with E-state index in [-0.39, 0.29) is 11.8 Å². The molecular weight excluding hydrogens is 338 g/mol. The van der Waals surface area contributed by atoms with Crippen LogP contribution in [0.4, 0.5) is 0 Å². The Kier molecular flexibility index (Phi) is 4.69. The number of fused-ring (bicyclic) bond motifs is 1. The summed E-state index contributed by atoms with van der Waals surface area (Å²) in [6, 6.07) is 5.51. The summed E-state index contributed by atoms with van der Waals surface area (Å²) >= 11 is 6.02. The summed E-state index contributed by atoms with van der Waals surface area (Å²) in [5, 5.41) is 0.666. The summed E-state index contributed by atoms with van der Waals surface area (Å²) in [5.74, 6) is 1.84. The minimum Gasteiger partial charge on any atom is -0.440 e. The van der Waals surface area contributed by atoms with E-state index in [1.165, 1.54) is 0 Å². The number of amides is 1. The second-order valence-electron chi connectivity index (χ2n) is 7.30. The number of oxazole rings is 1. The average Bonchev–Trinajstić information content (AvgIpc) is 3.27. The lowest BCUT2D eigenvalue weighted by Gasteiger charge is -2.33. The number of hydrogen-bond acceptors (Lipinski definition) is 4. The Morgan fingerprint density at radius 1 is 1.28 bits per heavy atom. The van der Waals surface area contributed by atoms with Gasteiger partial charge in [-0.1, -0.05) is 18.0 Å². The van der Waals surface area contributed by atoms with E-state index in [1.807, 2.05) is 23.1 Å². The van der Waals surface area contributed by atoms with Crippen molar-refractivity contribution in [1.82, 2.24) is 9.88 Å². The highest BCUT2D eigenvalue weighted by Crippen LogP contribution is 2.35. The molecule has 2 atom stereocenters. The molecule has 2 N–H and O–H groups in total. The third-order valence-electron chi connectivity index (χ3n) is 5.80. The van der Waals surface area contributed by atoms with Crippen LogP contribution in [0.3, 0.4) is 0 Å². The van der Waals surface area contributed by atoms with Crippen LogP contribution in [0.15, 0.2) is 22.6 Å². The summed E-state index contributed by atoms with van der Waals surface area (Å²) in [6.45, 7) is 2.17. The number of hydrogen-bond donors (Lipinski definition) is 1. The average molecular weight is 362 g/mol. The number of halogens is 1. The Hall–Kier alpha value is -1.59. The van der Waals surface area contributed by atoms with Gasteiger partial charge in [-0.25, -0.2) is 4.98 Å². The summed E-state index contributed by atoms with van der Waals surface area (Å²) in [5.41, 5.74) is 7.41. The first-order valence-corrected chi connectivity index (χ1v) is 9.58. The Balaban J connectivity index is 1.41. The van der Waals surface area contributed by atoms with Gasteiger partial charge in [0.1, 0.15) is 5.52 Å². The zero-order valence-electron chi connectivity index (χ0n) is 14.3. The third kappa shape index (κ3) is 3.27. The van der Waals surface area contributed by atoms with Crippen molar-refractivity contribution in [2.24, 2.45) is 17.6 Å². The van der Waals surface area contributed by atoms with Crippen LogP contribution in [-0.4, -0.2) is 35.4 Å². The van der Waals surface area contributed by atoms with Gasteiger partial charge in [-0.2, -0.15) is 0 Å². The minimum absolute atomic E-state index is 0.132. The van der Waals surface area contributed by atoms with E-state index in [2.05, 4.69) is 4.98 Å². The van der Waals surface area contributed by atoms with E-state index < -0.39 is 0 Å². The second-order valence-corrected chi connectivity index (χ2v) is 7.73. The van der Waals surface area contributed by atoms with E-state index in [9.17, 15) is 4.79 Å². The van der Waals surface area contributed by atoms with E-state index in [1.54, 1.807) is 0 Å². The maximum Gasteiger partial charge on any atom is 0.226 e. The SMILES string of the molecule is NC[C@H]1CCC[C@H]1C(=O)N1CCC(c2nc3cc(Cl)ccc3o2)CC1. The number of carbonyl (C=O) groups excluding carboxylic acids is 1. The van der Waals surface area contributed by atoms with E-state index >= 15 is 0 Å². The number of benzene rings is 1. The first-order chi connectivity index (χ1) is 12.2. The molecule has 2 fully saturated rings. The molecule has 1 amide bonds. The number of nitrogens with zero attached hydrogens (tertiary/aromatic N) is 2.